The molecule has 2 rings (SSSR count). The van der Waals surface area contributed by atoms with Crippen molar-refractivity contribution >= 4 is 20.4 Å². The highest BCUT2D eigenvalue weighted by molar-refractivity contribution is 6.74. The third-order valence-electron chi connectivity index (χ3n) is 5.39. The molecule has 152 valence electrons. The first-order chi connectivity index (χ1) is 12.5. The van der Waals surface area contributed by atoms with Crippen LogP contribution < -0.4 is 11.4 Å². The number of aliphatic hydroxyl groups is 1. The van der Waals surface area contributed by atoms with Gasteiger partial charge in [0.2, 0.25) is 0 Å². The van der Waals surface area contributed by atoms with Crippen molar-refractivity contribution in [1.29, 1.82) is 0 Å². The number of rotatable bonds is 6. The van der Waals surface area contributed by atoms with E-state index in [1.807, 2.05) is 0 Å². The van der Waals surface area contributed by atoms with E-state index in [2.05, 4.69) is 38.8 Å². The minimum absolute atomic E-state index is 0.0618. The molecular formula is C17H29N3O6Si. The number of nitrogens with zero attached hydrogens (tertiary/aromatic N) is 2. The third kappa shape index (κ3) is 4.14. The van der Waals surface area contributed by atoms with Crippen LogP contribution >= 0.6 is 0 Å². The number of anilines is 1. The summed E-state index contributed by atoms with van der Waals surface area (Å²) in [6.45, 7) is 10.2. The van der Waals surface area contributed by atoms with Crippen LogP contribution in [0.4, 0.5) is 5.82 Å². The number of hydrogen-bond acceptors (Lipinski definition) is 8. The number of methoxy groups -OCH3 is 1. The normalized spacial score (nSPS) is 26.3. The monoisotopic (exact) mass is 399 g/mol. The molecule has 3 N–H and O–H groups in total. The van der Waals surface area contributed by atoms with Crippen LogP contribution in [-0.4, -0.2) is 61.3 Å². The van der Waals surface area contributed by atoms with E-state index in [0.29, 0.717) is 6.29 Å². The SMILES string of the molecule is CO[C@H]1C(O[Si](C)(C)C(C)(C)C)[C@@H](CO)O[C@H]1n1cc(C=O)c(N)nc1=O. The highest BCUT2D eigenvalue weighted by atomic mass is 28.4. The molecule has 0 radical (unpaired) electrons. The number of hydrogen-bond donors (Lipinski definition) is 2. The van der Waals surface area contributed by atoms with Gasteiger partial charge in [0, 0.05) is 13.3 Å². The van der Waals surface area contributed by atoms with Gasteiger partial charge in [-0.05, 0) is 18.1 Å². The first kappa shape index (κ1) is 21.7. The standard InChI is InChI=1S/C17H29N3O6Si/c1-17(2,3)27(5,6)26-12-11(9-22)25-15(13(12)24-4)20-7-10(8-21)14(18)19-16(20)23/h7-8,11-13,15,22H,9H2,1-6H3,(H2,18,19,23)/t11-,12?,13+,15-/m1/s1. The average Bonchev–Trinajstić information content (AvgIpc) is 2.90. The molecular weight excluding hydrogens is 370 g/mol. The van der Waals surface area contributed by atoms with Crippen LogP contribution in [0.1, 0.15) is 37.4 Å². The van der Waals surface area contributed by atoms with E-state index >= 15 is 0 Å². The molecule has 1 aliphatic rings. The molecule has 0 spiro atoms. The van der Waals surface area contributed by atoms with Crippen LogP contribution in [0.2, 0.25) is 18.1 Å². The zero-order chi connectivity index (χ0) is 20.6. The summed E-state index contributed by atoms with van der Waals surface area (Å²) in [5, 5.41) is 9.74. The number of carbonyl (C=O) groups excluding carboxylic acids is 1. The molecule has 0 amide bonds. The van der Waals surface area contributed by atoms with E-state index < -0.39 is 38.5 Å². The van der Waals surface area contributed by atoms with Gasteiger partial charge in [-0.2, -0.15) is 4.98 Å². The molecule has 27 heavy (non-hydrogen) atoms. The molecule has 1 aromatic heterocycles. The maximum absolute atomic E-state index is 12.3. The second kappa shape index (κ2) is 7.80. The van der Waals surface area contributed by atoms with E-state index in [1.54, 1.807) is 0 Å². The number of aromatic nitrogens is 2. The minimum atomic E-state index is -2.21. The Bertz CT molecular complexity index is 745. The molecule has 1 fully saturated rings. The lowest BCUT2D eigenvalue weighted by Gasteiger charge is -2.40. The number of aliphatic hydroxyl groups excluding tert-OH is 1. The Morgan fingerprint density at radius 2 is 2.04 bits per heavy atom. The number of nitrogen functional groups attached to an aromatic ring is 1. The maximum Gasteiger partial charge on any atom is 0.351 e. The Morgan fingerprint density at radius 1 is 1.41 bits per heavy atom. The van der Waals surface area contributed by atoms with Crippen molar-refractivity contribution < 1.29 is 23.8 Å². The number of nitrogens with two attached hydrogens (primary N) is 1. The fourth-order valence-electron chi connectivity index (χ4n) is 2.76. The van der Waals surface area contributed by atoms with Crippen molar-refractivity contribution in [3.63, 3.8) is 0 Å². The fourth-order valence-corrected chi connectivity index (χ4v) is 4.08. The van der Waals surface area contributed by atoms with Crippen LogP contribution in [0, 0.1) is 0 Å². The minimum Gasteiger partial charge on any atom is -0.408 e. The second-order valence-corrected chi connectivity index (χ2v) is 12.9. The van der Waals surface area contributed by atoms with E-state index in [9.17, 15) is 14.7 Å². The van der Waals surface area contributed by atoms with Crippen molar-refractivity contribution in [2.45, 2.75) is 63.4 Å². The van der Waals surface area contributed by atoms with Gasteiger partial charge < -0.3 is 24.7 Å². The lowest BCUT2D eigenvalue weighted by atomic mass is 10.1. The van der Waals surface area contributed by atoms with Gasteiger partial charge in [-0.15, -0.1) is 0 Å². The summed E-state index contributed by atoms with van der Waals surface area (Å²) in [5.41, 5.74) is 4.99. The van der Waals surface area contributed by atoms with Crippen molar-refractivity contribution in [2.24, 2.45) is 0 Å². The van der Waals surface area contributed by atoms with Gasteiger partial charge >= 0.3 is 5.69 Å². The lowest BCUT2D eigenvalue weighted by molar-refractivity contribution is -0.0624. The van der Waals surface area contributed by atoms with Crippen molar-refractivity contribution in [3.8, 4) is 0 Å². The van der Waals surface area contributed by atoms with Crippen LogP contribution in [0.5, 0.6) is 0 Å². The predicted molar refractivity (Wildman–Crippen MR) is 102 cm³/mol. The summed E-state index contributed by atoms with van der Waals surface area (Å²) in [5.74, 6) is -0.147. The molecule has 4 atom stereocenters. The zero-order valence-corrected chi connectivity index (χ0v) is 17.6. The summed E-state index contributed by atoms with van der Waals surface area (Å²) < 4.78 is 19.1. The molecule has 0 saturated carbocycles. The maximum atomic E-state index is 12.3. The summed E-state index contributed by atoms with van der Waals surface area (Å²) >= 11 is 0. The Kier molecular flexibility index (Phi) is 6.27. The smallest absolute Gasteiger partial charge is 0.351 e. The fraction of sp³-hybridized carbons (Fsp3) is 0.706. The van der Waals surface area contributed by atoms with Gasteiger partial charge in [-0.25, -0.2) is 4.79 Å². The van der Waals surface area contributed by atoms with E-state index in [0.717, 1.165) is 4.57 Å². The Hall–Kier alpha value is -1.59. The lowest BCUT2D eigenvalue weighted by Crippen LogP contribution is -2.50. The summed E-state index contributed by atoms with van der Waals surface area (Å²) in [6, 6.07) is 0. The number of aldehydes is 1. The van der Waals surface area contributed by atoms with E-state index in [-0.39, 0.29) is 23.0 Å². The number of carbonyl (C=O) groups is 1. The van der Waals surface area contributed by atoms with Crippen LogP contribution in [0.15, 0.2) is 11.0 Å². The van der Waals surface area contributed by atoms with Gasteiger partial charge in [0.25, 0.3) is 0 Å². The molecule has 0 aromatic carbocycles. The van der Waals surface area contributed by atoms with Crippen LogP contribution in [-0.2, 0) is 13.9 Å². The first-order valence-electron chi connectivity index (χ1n) is 8.77. The largest absolute Gasteiger partial charge is 0.408 e. The molecule has 0 aliphatic carbocycles. The highest BCUT2D eigenvalue weighted by Gasteiger charge is 2.51. The van der Waals surface area contributed by atoms with E-state index in [4.69, 9.17) is 19.6 Å². The molecule has 10 heteroatoms. The van der Waals surface area contributed by atoms with Crippen molar-refractivity contribution in [2.75, 3.05) is 19.5 Å². The van der Waals surface area contributed by atoms with Crippen molar-refractivity contribution in [3.05, 3.63) is 22.2 Å². The summed E-state index contributed by atoms with van der Waals surface area (Å²) in [4.78, 5) is 27.2. The summed E-state index contributed by atoms with van der Waals surface area (Å²) in [6.07, 6.45) is -1.02. The highest BCUT2D eigenvalue weighted by Crippen LogP contribution is 2.41. The topological polar surface area (TPSA) is 126 Å². The Balaban J connectivity index is 2.44. The molecule has 1 aliphatic heterocycles. The Labute approximate surface area is 159 Å². The molecule has 1 aromatic rings. The van der Waals surface area contributed by atoms with E-state index in [1.165, 1.54) is 13.3 Å². The van der Waals surface area contributed by atoms with Crippen LogP contribution in [0.25, 0.3) is 0 Å². The molecule has 2 heterocycles. The van der Waals surface area contributed by atoms with Crippen molar-refractivity contribution in [1.82, 2.24) is 9.55 Å². The van der Waals surface area contributed by atoms with Gasteiger partial charge in [0.05, 0.1) is 12.2 Å². The molecule has 9 nitrogen and oxygen atoms in total. The second-order valence-electron chi connectivity index (χ2n) is 8.18. The van der Waals surface area contributed by atoms with Gasteiger partial charge in [0.1, 0.15) is 24.1 Å². The molecule has 1 saturated heterocycles. The zero-order valence-electron chi connectivity index (χ0n) is 16.6. The first-order valence-corrected chi connectivity index (χ1v) is 11.7. The average molecular weight is 400 g/mol. The van der Waals surface area contributed by atoms with Gasteiger partial charge in [0.15, 0.2) is 20.8 Å². The molecule has 1 unspecified atom stereocenters. The number of ether oxygens (including phenoxy) is 2. The predicted octanol–water partition coefficient (Wildman–Crippen LogP) is 0.933. The molecule has 0 bridgehead atoms. The third-order valence-corrected chi connectivity index (χ3v) is 9.86. The van der Waals surface area contributed by atoms with Gasteiger partial charge in [-0.1, -0.05) is 20.8 Å². The quantitative estimate of drug-likeness (QED) is 0.534. The van der Waals surface area contributed by atoms with Crippen LogP contribution in [0.3, 0.4) is 0 Å². The summed E-state index contributed by atoms with van der Waals surface area (Å²) in [7, 11) is -0.722. The Morgan fingerprint density at radius 3 is 2.52 bits per heavy atom. The van der Waals surface area contributed by atoms with Gasteiger partial charge in [-0.3, -0.25) is 9.36 Å².